The lowest BCUT2D eigenvalue weighted by atomic mass is 9.80. The predicted molar refractivity (Wildman–Crippen MR) is 67.8 cm³/mol. The van der Waals surface area contributed by atoms with Crippen LogP contribution in [-0.4, -0.2) is 25.3 Å². The van der Waals surface area contributed by atoms with Crippen molar-refractivity contribution in [2.24, 2.45) is 23.7 Å². The van der Waals surface area contributed by atoms with E-state index >= 15 is 0 Å². The van der Waals surface area contributed by atoms with E-state index in [1.54, 1.807) is 0 Å². The summed E-state index contributed by atoms with van der Waals surface area (Å²) in [6.07, 6.45) is 10.1. The summed E-state index contributed by atoms with van der Waals surface area (Å²) in [6, 6.07) is 0. The Morgan fingerprint density at radius 1 is 1.33 bits per heavy atom. The third-order valence-corrected chi connectivity index (χ3v) is 4.77. The normalized spacial score (nSPS) is 39.9. The molecule has 2 saturated carbocycles. The van der Waals surface area contributed by atoms with Crippen LogP contribution in [0.1, 0.15) is 19.3 Å². The van der Waals surface area contributed by atoms with Crippen molar-refractivity contribution in [3.63, 3.8) is 0 Å². The molecule has 5 atom stereocenters. The minimum atomic E-state index is -0.370. The highest BCUT2D eigenvalue weighted by Crippen LogP contribution is 2.57. The van der Waals surface area contributed by atoms with Crippen LogP contribution in [0, 0.1) is 23.7 Å². The molecule has 0 aromatic carbocycles. The summed E-state index contributed by atoms with van der Waals surface area (Å²) in [7, 11) is 0. The van der Waals surface area contributed by atoms with Crippen molar-refractivity contribution in [3.8, 4) is 0 Å². The van der Waals surface area contributed by atoms with Gasteiger partial charge in [-0.3, -0.25) is 0 Å². The van der Waals surface area contributed by atoms with E-state index in [-0.39, 0.29) is 5.97 Å². The summed E-state index contributed by atoms with van der Waals surface area (Å²) in [5, 5.41) is 0. The maximum Gasteiger partial charge on any atom is 0.330 e. The fourth-order valence-electron chi connectivity index (χ4n) is 4.08. The highest BCUT2D eigenvalue weighted by Gasteiger charge is 2.52. The molecule has 2 fully saturated rings. The van der Waals surface area contributed by atoms with Gasteiger partial charge in [-0.25, -0.2) is 4.79 Å². The Bertz CT molecular complexity index is 374. The Hall–Kier alpha value is -1.09. The Balaban J connectivity index is 1.44. The van der Waals surface area contributed by atoms with Crippen molar-refractivity contribution in [1.82, 2.24) is 0 Å². The van der Waals surface area contributed by atoms with Gasteiger partial charge in [-0.2, -0.15) is 0 Å². The molecule has 0 amide bonds. The number of carbonyl (C=O) groups excluding carboxylic acids is 1. The average molecular weight is 248 g/mol. The standard InChI is InChI=1S/C15H20O3/c1-2-15(16)18-7-6-17-14-9-10-8-13(14)12-5-3-4-11(10)12/h2-3,5,10-14H,1,4,6-9H2/t10-,11-,12-,13-,14?/m0/s1. The van der Waals surface area contributed by atoms with Gasteiger partial charge in [0.1, 0.15) is 6.61 Å². The second-order valence-electron chi connectivity index (χ2n) is 5.58. The van der Waals surface area contributed by atoms with Crippen molar-refractivity contribution in [2.45, 2.75) is 25.4 Å². The summed E-state index contributed by atoms with van der Waals surface area (Å²) >= 11 is 0. The Morgan fingerprint density at radius 2 is 2.22 bits per heavy atom. The van der Waals surface area contributed by atoms with Gasteiger partial charge in [-0.1, -0.05) is 18.7 Å². The molecule has 0 aromatic heterocycles. The lowest BCUT2D eigenvalue weighted by Gasteiger charge is -2.31. The number of carbonyl (C=O) groups is 1. The minimum absolute atomic E-state index is 0.336. The number of fused-ring (bicyclic) bond motifs is 5. The molecule has 98 valence electrons. The number of esters is 1. The Kier molecular flexibility index (Phi) is 3.25. The zero-order chi connectivity index (χ0) is 12.5. The highest BCUT2D eigenvalue weighted by atomic mass is 16.6. The molecular formula is C15H20O3. The summed E-state index contributed by atoms with van der Waals surface area (Å²) < 4.78 is 10.8. The SMILES string of the molecule is C=CC(=O)OCCOC1C[C@@H]2C[C@H]1[C@H]1C=CC[C@@H]21. The number of hydrogen-bond acceptors (Lipinski definition) is 3. The van der Waals surface area contributed by atoms with Gasteiger partial charge in [0.05, 0.1) is 12.7 Å². The van der Waals surface area contributed by atoms with Crippen LogP contribution in [0.4, 0.5) is 0 Å². The molecule has 0 saturated heterocycles. The van der Waals surface area contributed by atoms with Crippen LogP contribution in [0.5, 0.6) is 0 Å². The second kappa shape index (κ2) is 4.88. The zero-order valence-corrected chi connectivity index (χ0v) is 10.6. The third kappa shape index (κ3) is 2.01. The van der Waals surface area contributed by atoms with E-state index in [4.69, 9.17) is 9.47 Å². The van der Waals surface area contributed by atoms with Crippen molar-refractivity contribution >= 4 is 5.97 Å². The molecule has 2 bridgehead atoms. The molecule has 0 radical (unpaired) electrons. The topological polar surface area (TPSA) is 35.5 Å². The first-order valence-corrected chi connectivity index (χ1v) is 6.87. The van der Waals surface area contributed by atoms with Crippen molar-refractivity contribution in [2.75, 3.05) is 13.2 Å². The van der Waals surface area contributed by atoms with Crippen LogP contribution in [0.2, 0.25) is 0 Å². The number of hydrogen-bond donors (Lipinski definition) is 0. The maximum absolute atomic E-state index is 10.9. The lowest BCUT2D eigenvalue weighted by Crippen LogP contribution is -2.31. The van der Waals surface area contributed by atoms with Crippen molar-refractivity contribution in [3.05, 3.63) is 24.8 Å². The van der Waals surface area contributed by atoms with Gasteiger partial charge in [-0.15, -0.1) is 0 Å². The average Bonchev–Trinajstić information content (AvgIpc) is 3.05. The van der Waals surface area contributed by atoms with Crippen molar-refractivity contribution < 1.29 is 14.3 Å². The molecular weight excluding hydrogens is 228 g/mol. The van der Waals surface area contributed by atoms with Gasteiger partial charge in [0.2, 0.25) is 0 Å². The molecule has 3 aliphatic carbocycles. The summed E-state index contributed by atoms with van der Waals surface area (Å²) in [5.74, 6) is 2.84. The second-order valence-corrected chi connectivity index (χ2v) is 5.58. The first kappa shape index (κ1) is 12.0. The van der Waals surface area contributed by atoms with Gasteiger partial charge >= 0.3 is 5.97 Å². The largest absolute Gasteiger partial charge is 0.460 e. The minimum Gasteiger partial charge on any atom is -0.460 e. The fraction of sp³-hybridized carbons (Fsp3) is 0.667. The van der Waals surface area contributed by atoms with E-state index in [1.807, 2.05) is 0 Å². The molecule has 3 nitrogen and oxygen atoms in total. The van der Waals surface area contributed by atoms with Gasteiger partial charge < -0.3 is 9.47 Å². The van der Waals surface area contributed by atoms with Crippen molar-refractivity contribution in [1.29, 1.82) is 0 Å². The molecule has 3 heteroatoms. The smallest absolute Gasteiger partial charge is 0.330 e. The molecule has 3 aliphatic rings. The van der Waals surface area contributed by atoms with E-state index in [9.17, 15) is 4.79 Å². The molecule has 0 spiro atoms. The number of ether oxygens (including phenoxy) is 2. The fourth-order valence-corrected chi connectivity index (χ4v) is 4.08. The zero-order valence-electron chi connectivity index (χ0n) is 10.6. The van der Waals surface area contributed by atoms with Gasteiger partial charge in [0.25, 0.3) is 0 Å². The first-order valence-electron chi connectivity index (χ1n) is 6.87. The van der Waals surface area contributed by atoms with Crippen LogP contribution < -0.4 is 0 Å². The summed E-state index contributed by atoms with van der Waals surface area (Å²) in [6.45, 7) is 4.21. The van der Waals surface area contributed by atoms with Crippen LogP contribution in [-0.2, 0) is 14.3 Å². The molecule has 0 aromatic rings. The monoisotopic (exact) mass is 248 g/mol. The van der Waals surface area contributed by atoms with E-state index in [1.165, 1.54) is 25.3 Å². The van der Waals surface area contributed by atoms with E-state index < -0.39 is 0 Å². The van der Waals surface area contributed by atoms with E-state index in [0.29, 0.717) is 25.2 Å². The lowest BCUT2D eigenvalue weighted by molar-refractivity contribution is -0.140. The number of allylic oxidation sites excluding steroid dienone is 2. The maximum atomic E-state index is 10.9. The summed E-state index contributed by atoms with van der Waals surface area (Å²) in [4.78, 5) is 10.9. The van der Waals surface area contributed by atoms with Crippen LogP contribution >= 0.6 is 0 Å². The van der Waals surface area contributed by atoms with E-state index in [2.05, 4.69) is 18.7 Å². The van der Waals surface area contributed by atoms with Crippen LogP contribution in [0.15, 0.2) is 24.8 Å². The molecule has 0 heterocycles. The van der Waals surface area contributed by atoms with Crippen LogP contribution in [0.25, 0.3) is 0 Å². The van der Waals surface area contributed by atoms with Crippen LogP contribution in [0.3, 0.4) is 0 Å². The van der Waals surface area contributed by atoms with Gasteiger partial charge in [0, 0.05) is 6.08 Å². The summed E-state index contributed by atoms with van der Waals surface area (Å²) in [5.41, 5.74) is 0. The number of rotatable bonds is 5. The molecule has 0 N–H and O–H groups in total. The molecule has 18 heavy (non-hydrogen) atoms. The molecule has 3 rings (SSSR count). The Morgan fingerprint density at radius 3 is 3.06 bits per heavy atom. The first-order chi connectivity index (χ1) is 8.79. The van der Waals surface area contributed by atoms with Gasteiger partial charge in [0.15, 0.2) is 0 Å². The molecule has 0 aliphatic heterocycles. The molecule has 1 unspecified atom stereocenters. The van der Waals surface area contributed by atoms with Gasteiger partial charge in [-0.05, 0) is 42.9 Å². The highest BCUT2D eigenvalue weighted by molar-refractivity contribution is 5.81. The third-order valence-electron chi connectivity index (χ3n) is 4.77. The van der Waals surface area contributed by atoms with E-state index in [0.717, 1.165) is 17.8 Å². The predicted octanol–water partition coefficient (Wildman–Crippen LogP) is 2.33. The quantitative estimate of drug-likeness (QED) is 0.324. The Labute approximate surface area is 108 Å².